The molecule has 144 valence electrons. The summed E-state index contributed by atoms with van der Waals surface area (Å²) in [6.45, 7) is 10.6. The number of piperidine rings is 1. The maximum atomic E-state index is 5.69. The molecule has 0 unspecified atom stereocenters. The van der Waals surface area contributed by atoms with Crippen molar-refractivity contribution < 1.29 is 14.2 Å². The van der Waals surface area contributed by atoms with E-state index >= 15 is 0 Å². The molecule has 0 saturated carbocycles. The summed E-state index contributed by atoms with van der Waals surface area (Å²) in [6, 6.07) is 0. The molecule has 7 heteroatoms. The second-order valence-electron chi connectivity index (χ2n) is 5.69. The molecule has 0 amide bonds. The van der Waals surface area contributed by atoms with Crippen LogP contribution < -0.4 is 5.32 Å². The van der Waals surface area contributed by atoms with E-state index in [0.717, 1.165) is 58.1 Å². The molecule has 1 aliphatic rings. The van der Waals surface area contributed by atoms with Crippen molar-refractivity contribution in [3.05, 3.63) is 0 Å². The van der Waals surface area contributed by atoms with Crippen LogP contribution in [0.1, 0.15) is 39.5 Å². The first-order valence-electron chi connectivity index (χ1n) is 9.04. The fourth-order valence-electron chi connectivity index (χ4n) is 2.61. The molecule has 1 heterocycles. The van der Waals surface area contributed by atoms with Crippen LogP contribution in [0.2, 0.25) is 0 Å². The maximum Gasteiger partial charge on any atom is 0.193 e. The number of hydrogen-bond acceptors (Lipinski definition) is 4. The van der Waals surface area contributed by atoms with Crippen molar-refractivity contribution in [1.82, 2.24) is 10.2 Å². The fraction of sp³-hybridized carbons (Fsp3) is 0.941. The van der Waals surface area contributed by atoms with Crippen molar-refractivity contribution in [2.75, 3.05) is 59.7 Å². The van der Waals surface area contributed by atoms with Gasteiger partial charge >= 0.3 is 0 Å². The summed E-state index contributed by atoms with van der Waals surface area (Å²) in [5, 5.41) is 3.37. The summed E-state index contributed by atoms with van der Waals surface area (Å²) < 4.78 is 16.7. The molecule has 0 aromatic rings. The molecule has 0 spiro atoms. The van der Waals surface area contributed by atoms with E-state index in [0.29, 0.717) is 25.9 Å². The Morgan fingerprint density at radius 1 is 1.08 bits per heavy atom. The van der Waals surface area contributed by atoms with Gasteiger partial charge < -0.3 is 24.4 Å². The Bertz CT molecular complexity index is 311. The number of halogens is 1. The second kappa shape index (κ2) is 16.4. The molecule has 0 aliphatic carbocycles. The average molecular weight is 457 g/mol. The zero-order valence-corrected chi connectivity index (χ0v) is 17.9. The van der Waals surface area contributed by atoms with Gasteiger partial charge in [-0.25, -0.2) is 0 Å². The standard InChI is InChI=1S/C17H35N3O3.HI/c1-4-6-12-21-14-15-22-13-9-19-17(18-3)20-10-7-16(8-11-20)23-5-2;/h16H,4-15H2,1-3H3,(H,18,19);1H. The highest BCUT2D eigenvalue weighted by atomic mass is 127. The van der Waals surface area contributed by atoms with Crippen LogP contribution in [0.15, 0.2) is 4.99 Å². The topological polar surface area (TPSA) is 55.3 Å². The van der Waals surface area contributed by atoms with Gasteiger partial charge in [0, 0.05) is 39.9 Å². The molecule has 0 bridgehead atoms. The molecule has 1 rings (SSSR count). The number of likely N-dealkylation sites (tertiary alicyclic amines) is 1. The van der Waals surface area contributed by atoms with Gasteiger partial charge in [0.15, 0.2) is 5.96 Å². The number of ether oxygens (including phenoxy) is 3. The van der Waals surface area contributed by atoms with Gasteiger partial charge in [0.2, 0.25) is 0 Å². The van der Waals surface area contributed by atoms with E-state index in [-0.39, 0.29) is 24.0 Å². The highest BCUT2D eigenvalue weighted by Gasteiger charge is 2.21. The summed E-state index contributed by atoms with van der Waals surface area (Å²) >= 11 is 0. The molecule has 0 aromatic heterocycles. The quantitative estimate of drug-likeness (QED) is 0.224. The summed E-state index contributed by atoms with van der Waals surface area (Å²) in [6.07, 6.45) is 4.84. The number of guanidine groups is 1. The van der Waals surface area contributed by atoms with Crippen molar-refractivity contribution in [3.8, 4) is 0 Å². The normalized spacial score (nSPS) is 16.1. The first-order valence-corrected chi connectivity index (χ1v) is 9.04. The van der Waals surface area contributed by atoms with E-state index in [9.17, 15) is 0 Å². The van der Waals surface area contributed by atoms with Gasteiger partial charge in [0.05, 0.1) is 25.9 Å². The maximum absolute atomic E-state index is 5.69. The molecular weight excluding hydrogens is 421 g/mol. The van der Waals surface area contributed by atoms with Crippen LogP contribution in [0.3, 0.4) is 0 Å². The van der Waals surface area contributed by atoms with Crippen LogP contribution >= 0.6 is 24.0 Å². The lowest BCUT2D eigenvalue weighted by atomic mass is 10.1. The minimum atomic E-state index is 0. The number of aliphatic imine (C=N–C) groups is 1. The summed E-state index contributed by atoms with van der Waals surface area (Å²) in [5.41, 5.74) is 0. The molecule has 0 radical (unpaired) electrons. The lowest BCUT2D eigenvalue weighted by Crippen LogP contribution is -2.47. The van der Waals surface area contributed by atoms with Crippen molar-refractivity contribution in [3.63, 3.8) is 0 Å². The Morgan fingerprint density at radius 2 is 1.75 bits per heavy atom. The Hall–Kier alpha value is -0.120. The molecule has 6 nitrogen and oxygen atoms in total. The van der Waals surface area contributed by atoms with Gasteiger partial charge in [-0.15, -0.1) is 24.0 Å². The molecule has 24 heavy (non-hydrogen) atoms. The van der Waals surface area contributed by atoms with Gasteiger partial charge in [-0.2, -0.15) is 0 Å². The van der Waals surface area contributed by atoms with Crippen molar-refractivity contribution in [2.24, 2.45) is 4.99 Å². The first kappa shape index (κ1) is 23.9. The molecule has 1 saturated heterocycles. The second-order valence-corrected chi connectivity index (χ2v) is 5.69. The van der Waals surface area contributed by atoms with Crippen molar-refractivity contribution >= 4 is 29.9 Å². The van der Waals surface area contributed by atoms with E-state index in [2.05, 4.69) is 29.1 Å². The highest BCUT2D eigenvalue weighted by Crippen LogP contribution is 2.13. The number of rotatable bonds is 11. The van der Waals surface area contributed by atoms with Crippen LogP contribution in [0.25, 0.3) is 0 Å². The SMILES string of the molecule is CCCCOCCOCCNC(=NC)N1CCC(OCC)CC1.I. The fourth-order valence-corrected chi connectivity index (χ4v) is 2.61. The summed E-state index contributed by atoms with van der Waals surface area (Å²) in [4.78, 5) is 6.66. The van der Waals surface area contributed by atoms with Crippen LogP contribution in [0.4, 0.5) is 0 Å². The van der Waals surface area contributed by atoms with Gasteiger partial charge in [-0.3, -0.25) is 4.99 Å². The number of nitrogens with zero attached hydrogens (tertiary/aromatic N) is 2. The predicted octanol–water partition coefficient (Wildman–Crippen LogP) is 2.51. The van der Waals surface area contributed by atoms with Gasteiger partial charge in [0.1, 0.15) is 0 Å². The van der Waals surface area contributed by atoms with Gasteiger partial charge in [-0.1, -0.05) is 13.3 Å². The largest absolute Gasteiger partial charge is 0.379 e. The smallest absolute Gasteiger partial charge is 0.193 e. The Morgan fingerprint density at radius 3 is 2.33 bits per heavy atom. The summed E-state index contributed by atoms with van der Waals surface area (Å²) in [7, 11) is 1.83. The van der Waals surface area contributed by atoms with Crippen molar-refractivity contribution in [1.29, 1.82) is 0 Å². The minimum absolute atomic E-state index is 0. The van der Waals surface area contributed by atoms with Crippen LogP contribution in [-0.4, -0.2) is 76.7 Å². The van der Waals surface area contributed by atoms with Crippen LogP contribution in [-0.2, 0) is 14.2 Å². The third-order valence-electron chi connectivity index (χ3n) is 3.90. The minimum Gasteiger partial charge on any atom is -0.379 e. The Labute approximate surface area is 164 Å². The van der Waals surface area contributed by atoms with Crippen molar-refractivity contribution in [2.45, 2.75) is 45.6 Å². The zero-order chi connectivity index (χ0) is 16.8. The monoisotopic (exact) mass is 457 g/mol. The molecule has 1 fully saturated rings. The lowest BCUT2D eigenvalue weighted by Gasteiger charge is -2.34. The van der Waals surface area contributed by atoms with Crippen LogP contribution in [0.5, 0.6) is 0 Å². The molecule has 0 atom stereocenters. The number of unbranched alkanes of at least 4 members (excludes halogenated alkanes) is 1. The third kappa shape index (κ3) is 10.7. The van der Waals surface area contributed by atoms with Gasteiger partial charge in [0.25, 0.3) is 0 Å². The van der Waals surface area contributed by atoms with E-state index in [1.54, 1.807) is 0 Å². The van der Waals surface area contributed by atoms with Gasteiger partial charge in [-0.05, 0) is 26.2 Å². The molecule has 1 aliphatic heterocycles. The summed E-state index contributed by atoms with van der Waals surface area (Å²) in [5.74, 6) is 0.961. The van der Waals surface area contributed by atoms with E-state index in [1.165, 1.54) is 6.42 Å². The third-order valence-corrected chi connectivity index (χ3v) is 3.90. The van der Waals surface area contributed by atoms with E-state index < -0.39 is 0 Å². The number of nitrogens with one attached hydrogen (secondary N) is 1. The Kier molecular flexibility index (Phi) is 16.3. The molecular formula is C17H36IN3O3. The van der Waals surface area contributed by atoms with E-state index in [4.69, 9.17) is 14.2 Å². The highest BCUT2D eigenvalue weighted by molar-refractivity contribution is 14.0. The van der Waals surface area contributed by atoms with Crippen LogP contribution in [0, 0.1) is 0 Å². The predicted molar refractivity (Wildman–Crippen MR) is 110 cm³/mol. The Balaban J connectivity index is 0.00000529. The molecule has 0 aromatic carbocycles. The average Bonchev–Trinajstić information content (AvgIpc) is 2.58. The first-order chi connectivity index (χ1) is 11.3. The zero-order valence-electron chi connectivity index (χ0n) is 15.6. The lowest BCUT2D eigenvalue weighted by molar-refractivity contribution is 0.0261. The molecule has 1 N–H and O–H groups in total. The number of hydrogen-bond donors (Lipinski definition) is 1. The van der Waals surface area contributed by atoms with E-state index in [1.807, 2.05) is 7.05 Å².